The summed E-state index contributed by atoms with van der Waals surface area (Å²) in [5, 5.41) is 8.98. The SMILES string of the molecule is CN(CC=Cc1ccccc1)C(=O)[C@H]1CC[C@@H](C(=O)O)C1. The molecule has 1 saturated carbocycles. The number of carbonyl (C=O) groups excluding carboxylic acids is 1. The molecule has 0 radical (unpaired) electrons. The summed E-state index contributed by atoms with van der Waals surface area (Å²) in [5.74, 6) is -1.22. The van der Waals surface area contributed by atoms with Gasteiger partial charge in [-0.05, 0) is 24.8 Å². The van der Waals surface area contributed by atoms with Crippen molar-refractivity contribution in [2.75, 3.05) is 13.6 Å². The van der Waals surface area contributed by atoms with Crippen molar-refractivity contribution in [2.45, 2.75) is 19.3 Å². The largest absolute Gasteiger partial charge is 0.481 e. The second-order valence-corrected chi connectivity index (χ2v) is 5.58. The number of nitrogens with zero attached hydrogens (tertiary/aromatic N) is 1. The fourth-order valence-corrected chi connectivity index (χ4v) is 2.74. The maximum atomic E-state index is 12.3. The first kappa shape index (κ1) is 15.3. The fourth-order valence-electron chi connectivity index (χ4n) is 2.74. The Morgan fingerprint density at radius 2 is 1.90 bits per heavy atom. The predicted molar refractivity (Wildman–Crippen MR) is 81.6 cm³/mol. The molecule has 1 aromatic carbocycles. The number of likely N-dealkylation sites (N-methyl/N-ethyl adjacent to an activating group) is 1. The van der Waals surface area contributed by atoms with Crippen LogP contribution in [0.15, 0.2) is 36.4 Å². The Kier molecular flexibility index (Phi) is 5.14. The molecule has 1 aromatic rings. The first-order valence-electron chi connectivity index (χ1n) is 7.27. The van der Waals surface area contributed by atoms with Gasteiger partial charge in [-0.25, -0.2) is 0 Å². The molecule has 0 unspecified atom stereocenters. The maximum absolute atomic E-state index is 12.3. The second-order valence-electron chi connectivity index (χ2n) is 5.58. The Hall–Kier alpha value is -2.10. The third-order valence-corrected chi connectivity index (χ3v) is 4.00. The third-order valence-electron chi connectivity index (χ3n) is 4.00. The van der Waals surface area contributed by atoms with Gasteiger partial charge in [0.25, 0.3) is 0 Å². The summed E-state index contributed by atoms with van der Waals surface area (Å²) in [6.45, 7) is 0.544. The number of carbonyl (C=O) groups is 2. The molecule has 0 bridgehead atoms. The second kappa shape index (κ2) is 7.07. The first-order valence-corrected chi connectivity index (χ1v) is 7.27. The van der Waals surface area contributed by atoms with Crippen molar-refractivity contribution in [1.82, 2.24) is 4.90 Å². The summed E-state index contributed by atoms with van der Waals surface area (Å²) in [7, 11) is 1.77. The topological polar surface area (TPSA) is 57.6 Å². The molecule has 1 amide bonds. The van der Waals surface area contributed by atoms with Crippen LogP contribution in [0, 0.1) is 11.8 Å². The minimum absolute atomic E-state index is 0.0523. The van der Waals surface area contributed by atoms with Gasteiger partial charge in [-0.15, -0.1) is 0 Å². The van der Waals surface area contributed by atoms with Crippen molar-refractivity contribution in [2.24, 2.45) is 11.8 Å². The van der Waals surface area contributed by atoms with Crippen LogP contribution in [0.25, 0.3) is 6.08 Å². The summed E-state index contributed by atoms with van der Waals surface area (Å²) >= 11 is 0. The third kappa shape index (κ3) is 4.18. The van der Waals surface area contributed by atoms with Crippen LogP contribution in [-0.2, 0) is 9.59 Å². The molecular weight excluding hydrogens is 266 g/mol. The van der Waals surface area contributed by atoms with E-state index in [1.54, 1.807) is 11.9 Å². The van der Waals surface area contributed by atoms with Crippen LogP contribution in [0.5, 0.6) is 0 Å². The van der Waals surface area contributed by atoms with Gasteiger partial charge in [0.05, 0.1) is 5.92 Å². The van der Waals surface area contributed by atoms with E-state index in [1.165, 1.54) is 0 Å². The Morgan fingerprint density at radius 3 is 2.52 bits per heavy atom. The molecule has 2 rings (SSSR count). The van der Waals surface area contributed by atoms with Gasteiger partial charge in [-0.3, -0.25) is 9.59 Å². The lowest BCUT2D eigenvalue weighted by molar-refractivity contribution is -0.141. The van der Waals surface area contributed by atoms with E-state index in [0.717, 1.165) is 5.56 Å². The van der Waals surface area contributed by atoms with Gasteiger partial charge in [0, 0.05) is 19.5 Å². The van der Waals surface area contributed by atoms with Crippen LogP contribution in [0.4, 0.5) is 0 Å². The maximum Gasteiger partial charge on any atom is 0.306 e. The summed E-state index contributed by atoms with van der Waals surface area (Å²) in [6, 6.07) is 9.92. The van der Waals surface area contributed by atoms with Gasteiger partial charge in [0.1, 0.15) is 0 Å². The summed E-state index contributed by atoms with van der Waals surface area (Å²) in [6.07, 6.45) is 5.71. The van der Waals surface area contributed by atoms with E-state index < -0.39 is 5.97 Å². The van der Waals surface area contributed by atoms with Crippen molar-refractivity contribution in [1.29, 1.82) is 0 Å². The minimum atomic E-state index is -0.781. The number of benzene rings is 1. The lowest BCUT2D eigenvalue weighted by Gasteiger charge is -2.19. The molecule has 0 aromatic heterocycles. The highest BCUT2D eigenvalue weighted by Crippen LogP contribution is 2.32. The monoisotopic (exact) mass is 287 g/mol. The van der Waals surface area contributed by atoms with Gasteiger partial charge in [0.15, 0.2) is 0 Å². The lowest BCUT2D eigenvalue weighted by atomic mass is 10.0. The molecule has 1 aliphatic carbocycles. The van der Waals surface area contributed by atoms with E-state index in [1.807, 2.05) is 42.5 Å². The highest BCUT2D eigenvalue weighted by Gasteiger charge is 2.34. The van der Waals surface area contributed by atoms with E-state index in [9.17, 15) is 9.59 Å². The number of carboxylic acid groups (broad SMARTS) is 1. The molecule has 0 spiro atoms. The Bertz CT molecular complexity index is 524. The number of amides is 1. The highest BCUT2D eigenvalue weighted by molar-refractivity contribution is 5.81. The lowest BCUT2D eigenvalue weighted by Crippen LogP contribution is -2.32. The first-order chi connectivity index (χ1) is 10.1. The molecule has 1 fully saturated rings. The van der Waals surface area contributed by atoms with E-state index in [0.29, 0.717) is 25.8 Å². The predicted octanol–water partition coefficient (Wildman–Crippen LogP) is 2.66. The normalized spacial score (nSPS) is 21.6. The Morgan fingerprint density at radius 1 is 1.24 bits per heavy atom. The molecule has 0 saturated heterocycles. The van der Waals surface area contributed by atoms with Gasteiger partial charge in [-0.2, -0.15) is 0 Å². The molecule has 1 N–H and O–H groups in total. The molecule has 0 aliphatic heterocycles. The van der Waals surface area contributed by atoms with Gasteiger partial charge >= 0.3 is 5.97 Å². The number of rotatable bonds is 5. The summed E-state index contributed by atoms with van der Waals surface area (Å²) in [5.41, 5.74) is 1.10. The zero-order chi connectivity index (χ0) is 15.2. The summed E-state index contributed by atoms with van der Waals surface area (Å²) < 4.78 is 0. The molecule has 0 heterocycles. The van der Waals surface area contributed by atoms with Crippen molar-refractivity contribution < 1.29 is 14.7 Å². The zero-order valence-electron chi connectivity index (χ0n) is 12.2. The van der Waals surface area contributed by atoms with Crippen LogP contribution in [0.2, 0.25) is 0 Å². The van der Waals surface area contributed by atoms with Crippen LogP contribution >= 0.6 is 0 Å². The summed E-state index contributed by atoms with van der Waals surface area (Å²) in [4.78, 5) is 24.9. The van der Waals surface area contributed by atoms with Crippen molar-refractivity contribution in [3.63, 3.8) is 0 Å². The number of aliphatic carboxylic acids is 1. The molecule has 112 valence electrons. The van der Waals surface area contributed by atoms with Crippen molar-refractivity contribution >= 4 is 18.0 Å². The van der Waals surface area contributed by atoms with E-state index in [-0.39, 0.29) is 17.7 Å². The molecule has 4 heteroatoms. The average Bonchev–Trinajstić information content (AvgIpc) is 2.97. The smallest absolute Gasteiger partial charge is 0.306 e. The van der Waals surface area contributed by atoms with E-state index >= 15 is 0 Å². The van der Waals surface area contributed by atoms with E-state index in [4.69, 9.17) is 5.11 Å². The fraction of sp³-hybridized carbons (Fsp3) is 0.412. The van der Waals surface area contributed by atoms with Crippen LogP contribution in [-0.4, -0.2) is 35.5 Å². The standard InChI is InChI=1S/C17H21NO3/c1-18(11-5-8-13-6-3-2-4-7-13)16(19)14-9-10-15(12-14)17(20)21/h2-8,14-15H,9-12H2,1H3,(H,20,21)/t14-,15+/m0/s1. The Labute approximate surface area is 125 Å². The minimum Gasteiger partial charge on any atom is -0.481 e. The van der Waals surface area contributed by atoms with Crippen LogP contribution < -0.4 is 0 Å². The number of hydrogen-bond donors (Lipinski definition) is 1. The van der Waals surface area contributed by atoms with Gasteiger partial charge in [-0.1, -0.05) is 42.5 Å². The quantitative estimate of drug-likeness (QED) is 0.905. The van der Waals surface area contributed by atoms with Crippen LogP contribution in [0.1, 0.15) is 24.8 Å². The molecular formula is C17H21NO3. The van der Waals surface area contributed by atoms with E-state index in [2.05, 4.69) is 0 Å². The van der Waals surface area contributed by atoms with Crippen LogP contribution in [0.3, 0.4) is 0 Å². The molecule has 1 aliphatic rings. The van der Waals surface area contributed by atoms with Gasteiger partial charge in [0.2, 0.25) is 5.91 Å². The molecule has 2 atom stereocenters. The average molecular weight is 287 g/mol. The molecule has 21 heavy (non-hydrogen) atoms. The van der Waals surface area contributed by atoms with Crippen molar-refractivity contribution in [3.8, 4) is 0 Å². The number of hydrogen-bond acceptors (Lipinski definition) is 2. The highest BCUT2D eigenvalue weighted by atomic mass is 16.4. The molecule has 4 nitrogen and oxygen atoms in total. The van der Waals surface area contributed by atoms with Crippen molar-refractivity contribution in [3.05, 3.63) is 42.0 Å². The Balaban J connectivity index is 1.83. The zero-order valence-corrected chi connectivity index (χ0v) is 12.2. The number of carboxylic acids is 1. The van der Waals surface area contributed by atoms with Gasteiger partial charge < -0.3 is 10.0 Å².